The number of primary amides is 1. The maximum absolute atomic E-state index is 11.7. The van der Waals surface area contributed by atoms with Crippen molar-refractivity contribution in [2.24, 2.45) is 5.73 Å². The molecule has 19 heavy (non-hydrogen) atoms. The molecule has 0 aliphatic carbocycles. The van der Waals surface area contributed by atoms with Gasteiger partial charge in [0.05, 0.1) is 0 Å². The van der Waals surface area contributed by atoms with Crippen LogP contribution in [0.2, 0.25) is 0 Å². The zero-order valence-corrected chi connectivity index (χ0v) is 11.2. The van der Waals surface area contributed by atoms with E-state index in [0.29, 0.717) is 0 Å². The molecule has 0 aromatic heterocycles. The molecule has 0 fully saturated rings. The van der Waals surface area contributed by atoms with Gasteiger partial charge < -0.3 is 11.1 Å². The summed E-state index contributed by atoms with van der Waals surface area (Å²) in [5.74, 6) is -0.379. The van der Waals surface area contributed by atoms with Crippen LogP contribution in [0, 0.1) is 13.8 Å². The molecule has 0 radical (unpaired) electrons. The smallest absolute Gasteiger partial charge is 0.244 e. The fourth-order valence-corrected chi connectivity index (χ4v) is 2.15. The van der Waals surface area contributed by atoms with E-state index in [1.807, 2.05) is 56.3 Å². The van der Waals surface area contributed by atoms with Crippen LogP contribution in [0.4, 0.5) is 5.69 Å². The van der Waals surface area contributed by atoms with E-state index in [-0.39, 0.29) is 5.91 Å². The first-order valence-corrected chi connectivity index (χ1v) is 6.26. The molecule has 0 spiro atoms. The van der Waals surface area contributed by atoms with Gasteiger partial charge in [0.1, 0.15) is 6.04 Å². The van der Waals surface area contributed by atoms with E-state index in [9.17, 15) is 4.79 Å². The Hall–Kier alpha value is -2.29. The number of hydrogen-bond acceptors (Lipinski definition) is 2. The SMILES string of the molecule is Cc1ccc(C(Nc2ccccc2)C(N)=O)c(C)c1. The van der Waals surface area contributed by atoms with Crippen LogP contribution in [-0.4, -0.2) is 5.91 Å². The lowest BCUT2D eigenvalue weighted by atomic mass is 9.98. The fraction of sp³-hybridized carbons (Fsp3) is 0.188. The normalized spacial score (nSPS) is 11.9. The maximum atomic E-state index is 11.7. The summed E-state index contributed by atoms with van der Waals surface area (Å²) in [6.07, 6.45) is 0. The number of nitrogens with two attached hydrogens (primary N) is 1. The highest BCUT2D eigenvalue weighted by atomic mass is 16.1. The Labute approximate surface area is 113 Å². The average molecular weight is 254 g/mol. The molecule has 98 valence electrons. The van der Waals surface area contributed by atoms with Gasteiger partial charge in [-0.25, -0.2) is 0 Å². The van der Waals surface area contributed by atoms with Crippen LogP contribution >= 0.6 is 0 Å². The highest BCUT2D eigenvalue weighted by molar-refractivity contribution is 5.85. The van der Waals surface area contributed by atoms with Crippen molar-refractivity contribution in [3.8, 4) is 0 Å². The Morgan fingerprint density at radius 3 is 2.37 bits per heavy atom. The molecule has 2 aromatic rings. The zero-order chi connectivity index (χ0) is 13.8. The zero-order valence-electron chi connectivity index (χ0n) is 11.2. The number of nitrogens with one attached hydrogen (secondary N) is 1. The van der Waals surface area contributed by atoms with Gasteiger partial charge in [0.25, 0.3) is 0 Å². The van der Waals surface area contributed by atoms with Gasteiger partial charge in [-0.15, -0.1) is 0 Å². The standard InChI is InChI=1S/C16H18N2O/c1-11-8-9-14(12(2)10-11)15(16(17)19)18-13-6-4-3-5-7-13/h3-10,15,18H,1-2H3,(H2,17,19). The number of carbonyl (C=O) groups is 1. The Bertz CT molecular complexity index is 579. The summed E-state index contributed by atoms with van der Waals surface area (Å²) in [5, 5.41) is 3.18. The van der Waals surface area contributed by atoms with Crippen molar-refractivity contribution in [2.45, 2.75) is 19.9 Å². The maximum Gasteiger partial charge on any atom is 0.244 e. The molecule has 3 N–H and O–H groups in total. The molecule has 0 aliphatic heterocycles. The molecular weight excluding hydrogens is 236 g/mol. The first-order chi connectivity index (χ1) is 9.08. The third-order valence-corrected chi connectivity index (χ3v) is 3.11. The number of hydrogen-bond donors (Lipinski definition) is 2. The van der Waals surface area contributed by atoms with Crippen molar-refractivity contribution in [3.05, 3.63) is 65.2 Å². The lowest BCUT2D eigenvalue weighted by Gasteiger charge is -2.19. The average Bonchev–Trinajstić information content (AvgIpc) is 2.38. The number of para-hydroxylation sites is 1. The van der Waals surface area contributed by atoms with Gasteiger partial charge in [-0.05, 0) is 37.1 Å². The Morgan fingerprint density at radius 2 is 1.79 bits per heavy atom. The van der Waals surface area contributed by atoms with Gasteiger partial charge in [-0.3, -0.25) is 4.79 Å². The molecule has 3 nitrogen and oxygen atoms in total. The third-order valence-electron chi connectivity index (χ3n) is 3.11. The molecule has 0 bridgehead atoms. The fourth-order valence-electron chi connectivity index (χ4n) is 2.15. The van der Waals surface area contributed by atoms with Gasteiger partial charge in [-0.1, -0.05) is 42.0 Å². The molecule has 1 amide bonds. The predicted octanol–water partition coefficient (Wildman–Crippen LogP) is 2.94. The molecule has 0 heterocycles. The molecule has 2 rings (SSSR count). The lowest BCUT2D eigenvalue weighted by Crippen LogP contribution is -2.28. The van der Waals surface area contributed by atoms with E-state index in [4.69, 9.17) is 5.73 Å². The number of benzene rings is 2. The summed E-state index contributed by atoms with van der Waals surface area (Å²) >= 11 is 0. The van der Waals surface area contributed by atoms with Crippen LogP contribution in [0.25, 0.3) is 0 Å². The molecule has 0 saturated carbocycles. The molecule has 0 saturated heterocycles. The molecule has 1 atom stereocenters. The van der Waals surface area contributed by atoms with Crippen LogP contribution in [0.5, 0.6) is 0 Å². The van der Waals surface area contributed by atoms with Crippen molar-refractivity contribution in [1.82, 2.24) is 0 Å². The van der Waals surface area contributed by atoms with Crippen LogP contribution in [0.1, 0.15) is 22.7 Å². The molecule has 2 aromatic carbocycles. The van der Waals surface area contributed by atoms with Crippen molar-refractivity contribution in [2.75, 3.05) is 5.32 Å². The van der Waals surface area contributed by atoms with Gasteiger partial charge in [0.2, 0.25) is 5.91 Å². The van der Waals surface area contributed by atoms with Gasteiger partial charge in [-0.2, -0.15) is 0 Å². The van der Waals surface area contributed by atoms with E-state index in [2.05, 4.69) is 11.4 Å². The minimum absolute atomic E-state index is 0.379. The summed E-state index contributed by atoms with van der Waals surface area (Å²) in [6.45, 7) is 4.02. The summed E-state index contributed by atoms with van der Waals surface area (Å²) < 4.78 is 0. The first-order valence-electron chi connectivity index (χ1n) is 6.26. The third kappa shape index (κ3) is 3.13. The van der Waals surface area contributed by atoms with E-state index in [1.165, 1.54) is 5.56 Å². The van der Waals surface area contributed by atoms with Crippen molar-refractivity contribution < 1.29 is 4.79 Å². The highest BCUT2D eigenvalue weighted by Crippen LogP contribution is 2.23. The Morgan fingerprint density at radius 1 is 1.11 bits per heavy atom. The number of aryl methyl sites for hydroxylation is 2. The molecule has 1 unspecified atom stereocenters. The summed E-state index contributed by atoms with van der Waals surface area (Å²) in [4.78, 5) is 11.7. The quantitative estimate of drug-likeness (QED) is 0.881. The van der Waals surface area contributed by atoms with Crippen molar-refractivity contribution in [1.29, 1.82) is 0 Å². The predicted molar refractivity (Wildman–Crippen MR) is 77.9 cm³/mol. The van der Waals surface area contributed by atoms with Crippen LogP contribution in [0.3, 0.4) is 0 Å². The summed E-state index contributed by atoms with van der Waals surface area (Å²) in [6, 6.07) is 15.1. The van der Waals surface area contributed by atoms with Crippen LogP contribution in [0.15, 0.2) is 48.5 Å². The largest absolute Gasteiger partial charge is 0.370 e. The van der Waals surface area contributed by atoms with Crippen LogP contribution in [-0.2, 0) is 4.79 Å². The number of amides is 1. The van der Waals surface area contributed by atoms with Gasteiger partial charge >= 0.3 is 0 Å². The highest BCUT2D eigenvalue weighted by Gasteiger charge is 2.19. The molecular formula is C16H18N2O. The monoisotopic (exact) mass is 254 g/mol. The number of carbonyl (C=O) groups excluding carboxylic acids is 1. The van der Waals surface area contributed by atoms with E-state index in [0.717, 1.165) is 16.8 Å². The first kappa shape index (κ1) is 13.1. The Kier molecular flexibility index (Phi) is 3.85. The van der Waals surface area contributed by atoms with E-state index >= 15 is 0 Å². The second-order valence-electron chi connectivity index (χ2n) is 4.71. The van der Waals surface area contributed by atoms with Gasteiger partial charge in [0, 0.05) is 5.69 Å². The summed E-state index contributed by atoms with van der Waals surface area (Å²) in [7, 11) is 0. The van der Waals surface area contributed by atoms with Crippen LogP contribution < -0.4 is 11.1 Å². The van der Waals surface area contributed by atoms with Crippen molar-refractivity contribution >= 4 is 11.6 Å². The summed E-state index contributed by atoms with van der Waals surface area (Å²) in [5.41, 5.74) is 9.55. The minimum atomic E-state index is -0.511. The van der Waals surface area contributed by atoms with E-state index in [1.54, 1.807) is 0 Å². The Balaban J connectivity index is 2.33. The second-order valence-corrected chi connectivity index (χ2v) is 4.71. The topological polar surface area (TPSA) is 55.1 Å². The van der Waals surface area contributed by atoms with E-state index < -0.39 is 6.04 Å². The molecule has 3 heteroatoms. The van der Waals surface area contributed by atoms with Crippen molar-refractivity contribution in [3.63, 3.8) is 0 Å². The minimum Gasteiger partial charge on any atom is -0.370 e. The number of anilines is 1. The lowest BCUT2D eigenvalue weighted by molar-refractivity contribution is -0.118. The second kappa shape index (κ2) is 5.57. The van der Waals surface area contributed by atoms with Gasteiger partial charge in [0.15, 0.2) is 0 Å². The molecule has 0 aliphatic rings. The number of rotatable bonds is 4.